The van der Waals surface area contributed by atoms with Crippen LogP contribution >= 0.6 is 0 Å². The SMILES string of the molecule is CNCC(=O)Nc1ccc(-c2nnco2)cc1. The van der Waals surface area contributed by atoms with Gasteiger partial charge in [0.15, 0.2) is 0 Å². The molecule has 2 aromatic rings. The van der Waals surface area contributed by atoms with Crippen LogP contribution in [0.4, 0.5) is 5.69 Å². The van der Waals surface area contributed by atoms with Crippen LogP contribution in [0.25, 0.3) is 11.5 Å². The average Bonchev–Trinajstić information content (AvgIpc) is 2.84. The molecule has 0 unspecified atom stereocenters. The van der Waals surface area contributed by atoms with Gasteiger partial charge < -0.3 is 15.1 Å². The molecule has 0 atom stereocenters. The average molecular weight is 232 g/mol. The smallest absolute Gasteiger partial charge is 0.247 e. The summed E-state index contributed by atoms with van der Waals surface area (Å²) < 4.78 is 5.06. The van der Waals surface area contributed by atoms with E-state index in [1.807, 2.05) is 12.1 Å². The third-order valence-corrected chi connectivity index (χ3v) is 2.11. The standard InChI is InChI=1S/C11H12N4O2/c1-12-6-10(16)14-9-4-2-8(3-5-9)11-15-13-7-17-11/h2-5,7,12H,6H2,1H3,(H,14,16). The van der Waals surface area contributed by atoms with E-state index in [2.05, 4.69) is 20.8 Å². The topological polar surface area (TPSA) is 80.0 Å². The molecule has 6 heteroatoms. The van der Waals surface area contributed by atoms with Crippen molar-refractivity contribution >= 4 is 11.6 Å². The minimum atomic E-state index is -0.0851. The van der Waals surface area contributed by atoms with Crippen molar-refractivity contribution in [2.75, 3.05) is 18.9 Å². The van der Waals surface area contributed by atoms with E-state index in [0.29, 0.717) is 5.89 Å². The Morgan fingerprint density at radius 2 is 2.12 bits per heavy atom. The van der Waals surface area contributed by atoms with Gasteiger partial charge in [0.2, 0.25) is 18.2 Å². The molecule has 0 saturated heterocycles. The molecular formula is C11H12N4O2. The summed E-state index contributed by atoms with van der Waals surface area (Å²) in [6.07, 6.45) is 1.28. The summed E-state index contributed by atoms with van der Waals surface area (Å²) in [5, 5.41) is 12.9. The number of nitrogens with zero attached hydrogens (tertiary/aromatic N) is 2. The Kier molecular flexibility index (Phi) is 3.46. The molecule has 6 nitrogen and oxygen atoms in total. The molecule has 1 heterocycles. The maximum Gasteiger partial charge on any atom is 0.247 e. The second-order valence-corrected chi connectivity index (χ2v) is 3.40. The zero-order valence-electron chi connectivity index (χ0n) is 9.30. The van der Waals surface area contributed by atoms with Gasteiger partial charge in [0.25, 0.3) is 0 Å². The van der Waals surface area contributed by atoms with Gasteiger partial charge in [0.05, 0.1) is 6.54 Å². The molecule has 0 aliphatic heterocycles. The highest BCUT2D eigenvalue weighted by Crippen LogP contribution is 2.18. The number of hydrogen-bond acceptors (Lipinski definition) is 5. The van der Waals surface area contributed by atoms with Crippen molar-refractivity contribution < 1.29 is 9.21 Å². The predicted octanol–water partition coefficient (Wildman–Crippen LogP) is 0.894. The van der Waals surface area contributed by atoms with E-state index in [0.717, 1.165) is 11.3 Å². The molecule has 1 amide bonds. The van der Waals surface area contributed by atoms with E-state index < -0.39 is 0 Å². The van der Waals surface area contributed by atoms with Gasteiger partial charge in [-0.2, -0.15) is 0 Å². The minimum absolute atomic E-state index is 0.0851. The number of anilines is 1. The maximum atomic E-state index is 11.3. The Morgan fingerprint density at radius 3 is 2.71 bits per heavy atom. The third-order valence-electron chi connectivity index (χ3n) is 2.11. The van der Waals surface area contributed by atoms with Crippen LogP contribution in [0.3, 0.4) is 0 Å². The lowest BCUT2D eigenvalue weighted by atomic mass is 10.2. The Hall–Kier alpha value is -2.21. The molecule has 0 radical (unpaired) electrons. The van der Waals surface area contributed by atoms with Crippen molar-refractivity contribution in [3.63, 3.8) is 0 Å². The van der Waals surface area contributed by atoms with Crippen molar-refractivity contribution in [2.45, 2.75) is 0 Å². The molecule has 1 aromatic heterocycles. The van der Waals surface area contributed by atoms with E-state index in [1.54, 1.807) is 19.2 Å². The van der Waals surface area contributed by atoms with Crippen LogP contribution in [0.5, 0.6) is 0 Å². The van der Waals surface area contributed by atoms with E-state index in [4.69, 9.17) is 4.42 Å². The Bertz CT molecular complexity index is 479. The fourth-order valence-corrected chi connectivity index (χ4v) is 1.36. The number of amides is 1. The summed E-state index contributed by atoms with van der Waals surface area (Å²) in [5.74, 6) is 0.371. The fourth-order valence-electron chi connectivity index (χ4n) is 1.36. The number of benzene rings is 1. The molecular weight excluding hydrogens is 220 g/mol. The number of likely N-dealkylation sites (N-methyl/N-ethyl adjacent to an activating group) is 1. The zero-order chi connectivity index (χ0) is 12.1. The van der Waals surface area contributed by atoms with Crippen LogP contribution in [0.15, 0.2) is 35.1 Å². The quantitative estimate of drug-likeness (QED) is 0.818. The highest BCUT2D eigenvalue weighted by atomic mass is 16.4. The lowest BCUT2D eigenvalue weighted by Gasteiger charge is -2.04. The van der Waals surface area contributed by atoms with Gasteiger partial charge in [0, 0.05) is 11.3 Å². The van der Waals surface area contributed by atoms with Crippen LogP contribution in [-0.4, -0.2) is 29.7 Å². The lowest BCUT2D eigenvalue weighted by molar-refractivity contribution is -0.115. The minimum Gasteiger partial charge on any atom is -0.423 e. The second kappa shape index (κ2) is 5.22. The lowest BCUT2D eigenvalue weighted by Crippen LogP contribution is -2.24. The van der Waals surface area contributed by atoms with Gasteiger partial charge in [-0.15, -0.1) is 10.2 Å². The Balaban J connectivity index is 2.06. The number of aromatic nitrogens is 2. The molecule has 1 aromatic carbocycles. The van der Waals surface area contributed by atoms with Crippen LogP contribution in [-0.2, 0) is 4.79 Å². The molecule has 17 heavy (non-hydrogen) atoms. The first-order valence-electron chi connectivity index (χ1n) is 5.10. The van der Waals surface area contributed by atoms with Gasteiger partial charge in [-0.25, -0.2) is 0 Å². The normalized spacial score (nSPS) is 10.2. The van der Waals surface area contributed by atoms with Crippen LogP contribution in [0, 0.1) is 0 Å². The van der Waals surface area contributed by atoms with Gasteiger partial charge in [-0.3, -0.25) is 4.79 Å². The van der Waals surface area contributed by atoms with Crippen molar-refractivity contribution in [1.82, 2.24) is 15.5 Å². The third kappa shape index (κ3) is 2.88. The van der Waals surface area contributed by atoms with Crippen molar-refractivity contribution in [2.24, 2.45) is 0 Å². The maximum absolute atomic E-state index is 11.3. The first-order chi connectivity index (χ1) is 8.29. The summed E-state index contributed by atoms with van der Waals surface area (Å²) in [7, 11) is 1.72. The first-order valence-corrected chi connectivity index (χ1v) is 5.10. The summed E-state index contributed by atoms with van der Waals surface area (Å²) in [6.45, 7) is 0.283. The first kappa shape index (κ1) is 11.3. The van der Waals surface area contributed by atoms with Crippen molar-refractivity contribution in [1.29, 1.82) is 0 Å². The number of carbonyl (C=O) groups excluding carboxylic acids is 1. The van der Waals surface area contributed by atoms with Crippen LogP contribution < -0.4 is 10.6 Å². The molecule has 0 fully saturated rings. The van der Waals surface area contributed by atoms with Gasteiger partial charge in [-0.05, 0) is 31.3 Å². The molecule has 0 bridgehead atoms. The molecule has 2 rings (SSSR count). The number of rotatable bonds is 4. The molecule has 0 spiro atoms. The Morgan fingerprint density at radius 1 is 1.35 bits per heavy atom. The highest BCUT2D eigenvalue weighted by Gasteiger charge is 2.04. The van der Waals surface area contributed by atoms with E-state index in [1.165, 1.54) is 6.39 Å². The number of hydrogen-bond donors (Lipinski definition) is 2. The fraction of sp³-hybridized carbons (Fsp3) is 0.182. The van der Waals surface area contributed by atoms with E-state index in [9.17, 15) is 4.79 Å². The summed E-state index contributed by atoms with van der Waals surface area (Å²) in [6, 6.07) is 7.19. The predicted molar refractivity (Wildman–Crippen MR) is 62.3 cm³/mol. The van der Waals surface area contributed by atoms with E-state index in [-0.39, 0.29) is 12.5 Å². The number of nitrogens with one attached hydrogen (secondary N) is 2. The summed E-state index contributed by atoms with van der Waals surface area (Å²) >= 11 is 0. The van der Waals surface area contributed by atoms with Crippen LogP contribution in [0.1, 0.15) is 0 Å². The molecule has 0 aliphatic rings. The number of carbonyl (C=O) groups is 1. The molecule has 2 N–H and O–H groups in total. The monoisotopic (exact) mass is 232 g/mol. The molecule has 0 saturated carbocycles. The summed E-state index contributed by atoms with van der Waals surface area (Å²) in [4.78, 5) is 11.3. The van der Waals surface area contributed by atoms with Gasteiger partial charge in [0.1, 0.15) is 0 Å². The second-order valence-electron chi connectivity index (χ2n) is 3.40. The Labute approximate surface area is 98.0 Å². The largest absolute Gasteiger partial charge is 0.423 e. The summed E-state index contributed by atoms with van der Waals surface area (Å²) in [5.41, 5.74) is 1.54. The zero-order valence-corrected chi connectivity index (χ0v) is 9.30. The molecule has 0 aliphatic carbocycles. The van der Waals surface area contributed by atoms with Gasteiger partial charge >= 0.3 is 0 Å². The van der Waals surface area contributed by atoms with Crippen molar-refractivity contribution in [3.05, 3.63) is 30.7 Å². The van der Waals surface area contributed by atoms with Crippen LogP contribution in [0.2, 0.25) is 0 Å². The highest BCUT2D eigenvalue weighted by molar-refractivity contribution is 5.92. The molecule has 88 valence electrons. The van der Waals surface area contributed by atoms with E-state index >= 15 is 0 Å². The van der Waals surface area contributed by atoms with Crippen molar-refractivity contribution in [3.8, 4) is 11.5 Å². The van der Waals surface area contributed by atoms with Gasteiger partial charge in [-0.1, -0.05) is 0 Å².